The smallest absolute Gasteiger partial charge is 0.106 e. The molecule has 0 saturated heterocycles. The van der Waals surface area contributed by atoms with Gasteiger partial charge in [-0.3, -0.25) is 0 Å². The Morgan fingerprint density at radius 1 is 1.28 bits per heavy atom. The van der Waals surface area contributed by atoms with Crippen molar-refractivity contribution in [2.75, 3.05) is 5.32 Å². The largest absolute Gasteiger partial charge is 0.389 e. The molecule has 0 amide bonds. The zero-order chi connectivity index (χ0) is 13.8. The summed E-state index contributed by atoms with van der Waals surface area (Å²) in [6, 6.07) is 5.58. The van der Waals surface area contributed by atoms with Gasteiger partial charge >= 0.3 is 0 Å². The van der Waals surface area contributed by atoms with Gasteiger partial charge in [-0.25, -0.2) is 0 Å². The second-order valence-electron chi connectivity index (χ2n) is 4.52. The Hall–Kier alpha value is -0.800. The summed E-state index contributed by atoms with van der Waals surface area (Å²) in [7, 11) is 0. The van der Waals surface area contributed by atoms with Crippen LogP contribution < -0.4 is 11.1 Å². The van der Waals surface area contributed by atoms with Crippen LogP contribution in [-0.2, 0) is 0 Å². The molecule has 0 spiro atoms. The number of hydrogen-bond acceptors (Lipinski definition) is 2. The highest BCUT2D eigenvalue weighted by Gasteiger charge is 2.24. The van der Waals surface area contributed by atoms with Gasteiger partial charge in [0.05, 0.1) is 0 Å². The fraction of sp³-hybridized carbons (Fsp3) is 0.500. The molecule has 1 rings (SSSR count). The molecular formula is C14H21ClN2S. The first-order valence-corrected chi connectivity index (χ1v) is 7.14. The van der Waals surface area contributed by atoms with Crippen molar-refractivity contribution in [1.29, 1.82) is 0 Å². The second-order valence-corrected chi connectivity index (χ2v) is 5.40. The van der Waals surface area contributed by atoms with Gasteiger partial charge < -0.3 is 11.1 Å². The maximum Gasteiger partial charge on any atom is 0.106 e. The predicted molar refractivity (Wildman–Crippen MR) is 84.6 cm³/mol. The number of halogens is 1. The van der Waals surface area contributed by atoms with E-state index in [1.165, 1.54) is 0 Å². The topological polar surface area (TPSA) is 38.0 Å². The zero-order valence-corrected chi connectivity index (χ0v) is 12.8. The van der Waals surface area contributed by atoms with Crippen molar-refractivity contribution in [2.45, 2.75) is 45.6 Å². The van der Waals surface area contributed by atoms with Crippen molar-refractivity contribution < 1.29 is 0 Å². The normalized spacial score (nSPS) is 11.3. The van der Waals surface area contributed by atoms with Crippen molar-refractivity contribution in [3.63, 3.8) is 0 Å². The molecule has 0 aliphatic rings. The molecule has 4 heteroatoms. The van der Waals surface area contributed by atoms with E-state index < -0.39 is 0 Å². The van der Waals surface area contributed by atoms with Gasteiger partial charge in [0.1, 0.15) is 4.99 Å². The fourth-order valence-corrected chi connectivity index (χ4v) is 2.49. The molecule has 1 aromatic carbocycles. The molecule has 3 N–H and O–H groups in total. The molecule has 18 heavy (non-hydrogen) atoms. The Morgan fingerprint density at radius 3 is 2.28 bits per heavy atom. The monoisotopic (exact) mass is 284 g/mol. The molecule has 1 aromatic rings. The lowest BCUT2D eigenvalue weighted by Crippen LogP contribution is -2.36. The van der Waals surface area contributed by atoms with E-state index in [2.05, 4.69) is 26.1 Å². The van der Waals surface area contributed by atoms with E-state index in [0.717, 1.165) is 30.5 Å². The standard InChI is InChI=1S/C14H21ClN2S/c1-4-14(5-2,6-3)17-12-9-10(15)7-8-11(12)13(16)18/h7-9,17H,4-6H2,1-3H3,(H2,16,18). The summed E-state index contributed by atoms with van der Waals surface area (Å²) in [5, 5.41) is 4.27. The van der Waals surface area contributed by atoms with E-state index in [9.17, 15) is 0 Å². The third kappa shape index (κ3) is 3.36. The van der Waals surface area contributed by atoms with Crippen LogP contribution in [0.4, 0.5) is 5.69 Å². The van der Waals surface area contributed by atoms with Crippen molar-refractivity contribution in [3.8, 4) is 0 Å². The summed E-state index contributed by atoms with van der Waals surface area (Å²) in [6.45, 7) is 6.56. The van der Waals surface area contributed by atoms with E-state index in [1.54, 1.807) is 0 Å². The molecule has 0 radical (unpaired) electrons. The van der Waals surface area contributed by atoms with E-state index in [-0.39, 0.29) is 5.54 Å². The SMILES string of the molecule is CCC(CC)(CC)Nc1cc(Cl)ccc1C(N)=S. The Morgan fingerprint density at radius 2 is 1.83 bits per heavy atom. The molecule has 0 saturated carbocycles. The average molecular weight is 285 g/mol. The molecule has 0 fully saturated rings. The summed E-state index contributed by atoms with van der Waals surface area (Å²) in [5.41, 5.74) is 7.62. The minimum atomic E-state index is 0.0736. The molecule has 0 aliphatic carbocycles. The van der Waals surface area contributed by atoms with E-state index in [1.807, 2.05) is 18.2 Å². The molecule has 0 heterocycles. The number of nitrogens with two attached hydrogens (primary N) is 1. The van der Waals surface area contributed by atoms with Gasteiger partial charge in [-0.15, -0.1) is 0 Å². The van der Waals surface area contributed by atoms with Crippen LogP contribution in [0.25, 0.3) is 0 Å². The van der Waals surface area contributed by atoms with Crippen LogP contribution in [0, 0.1) is 0 Å². The summed E-state index contributed by atoms with van der Waals surface area (Å²) in [5.74, 6) is 0. The summed E-state index contributed by atoms with van der Waals surface area (Å²) >= 11 is 11.1. The number of hydrogen-bond donors (Lipinski definition) is 2. The van der Waals surface area contributed by atoms with Crippen molar-refractivity contribution in [2.24, 2.45) is 5.73 Å². The fourth-order valence-electron chi connectivity index (χ4n) is 2.14. The number of benzene rings is 1. The lowest BCUT2D eigenvalue weighted by molar-refractivity contribution is 0.420. The number of anilines is 1. The highest BCUT2D eigenvalue weighted by Crippen LogP contribution is 2.29. The second kappa shape index (κ2) is 6.39. The minimum absolute atomic E-state index is 0.0736. The van der Waals surface area contributed by atoms with E-state index in [0.29, 0.717) is 10.0 Å². The van der Waals surface area contributed by atoms with Crippen LogP contribution >= 0.6 is 23.8 Å². The van der Waals surface area contributed by atoms with Gasteiger partial charge in [0.2, 0.25) is 0 Å². The summed E-state index contributed by atoms with van der Waals surface area (Å²) < 4.78 is 0. The van der Waals surface area contributed by atoms with E-state index in [4.69, 9.17) is 29.6 Å². The predicted octanol–water partition coefficient (Wildman–Crippen LogP) is 4.35. The van der Waals surface area contributed by atoms with Crippen LogP contribution in [0.2, 0.25) is 5.02 Å². The Kier molecular flexibility index (Phi) is 5.42. The van der Waals surface area contributed by atoms with Crippen molar-refractivity contribution in [1.82, 2.24) is 0 Å². The third-order valence-corrected chi connectivity index (χ3v) is 4.13. The quantitative estimate of drug-likeness (QED) is 0.763. The number of rotatable bonds is 6. The Bertz CT molecular complexity index is 420. The minimum Gasteiger partial charge on any atom is -0.389 e. The molecular weight excluding hydrogens is 264 g/mol. The van der Waals surface area contributed by atoms with Crippen molar-refractivity contribution >= 4 is 34.5 Å². The lowest BCUT2D eigenvalue weighted by Gasteiger charge is -2.34. The molecule has 100 valence electrons. The molecule has 0 aliphatic heterocycles. The molecule has 2 nitrogen and oxygen atoms in total. The van der Waals surface area contributed by atoms with Gasteiger partial charge in [0.15, 0.2) is 0 Å². The molecule has 0 aromatic heterocycles. The van der Waals surface area contributed by atoms with Gasteiger partial charge in [0, 0.05) is 21.8 Å². The van der Waals surface area contributed by atoms with Gasteiger partial charge in [-0.2, -0.15) is 0 Å². The van der Waals surface area contributed by atoms with Crippen LogP contribution in [-0.4, -0.2) is 10.5 Å². The summed E-state index contributed by atoms with van der Waals surface area (Å²) in [6.07, 6.45) is 3.13. The zero-order valence-electron chi connectivity index (χ0n) is 11.2. The summed E-state index contributed by atoms with van der Waals surface area (Å²) in [4.78, 5) is 0.395. The highest BCUT2D eigenvalue weighted by atomic mass is 35.5. The van der Waals surface area contributed by atoms with Crippen LogP contribution in [0.1, 0.15) is 45.6 Å². The van der Waals surface area contributed by atoms with Crippen LogP contribution in [0.3, 0.4) is 0 Å². The first-order chi connectivity index (χ1) is 8.48. The Labute approximate surface area is 120 Å². The molecule has 0 bridgehead atoms. The van der Waals surface area contributed by atoms with E-state index >= 15 is 0 Å². The average Bonchev–Trinajstić information content (AvgIpc) is 2.36. The van der Waals surface area contributed by atoms with Gasteiger partial charge in [0.25, 0.3) is 0 Å². The van der Waals surface area contributed by atoms with Crippen molar-refractivity contribution in [3.05, 3.63) is 28.8 Å². The first-order valence-electron chi connectivity index (χ1n) is 6.35. The molecule has 0 unspecified atom stereocenters. The third-order valence-electron chi connectivity index (χ3n) is 3.68. The van der Waals surface area contributed by atoms with Crippen LogP contribution in [0.15, 0.2) is 18.2 Å². The lowest BCUT2D eigenvalue weighted by atomic mass is 9.89. The number of nitrogens with one attached hydrogen (secondary N) is 1. The van der Waals surface area contributed by atoms with Crippen LogP contribution in [0.5, 0.6) is 0 Å². The highest BCUT2D eigenvalue weighted by molar-refractivity contribution is 7.80. The Balaban J connectivity index is 3.16. The maximum atomic E-state index is 6.06. The number of thiocarbonyl (C=S) groups is 1. The molecule has 0 atom stereocenters. The maximum absolute atomic E-state index is 6.06. The van der Waals surface area contributed by atoms with Gasteiger partial charge in [-0.05, 0) is 37.5 Å². The van der Waals surface area contributed by atoms with Gasteiger partial charge in [-0.1, -0.05) is 44.6 Å². The first kappa shape index (κ1) is 15.3.